The van der Waals surface area contributed by atoms with Crippen molar-refractivity contribution in [3.8, 4) is 0 Å². The first kappa shape index (κ1) is 17.6. The Hall–Kier alpha value is -3.51. The van der Waals surface area contributed by atoms with Crippen LogP contribution in [-0.2, 0) is 4.74 Å². The second-order valence-corrected chi connectivity index (χ2v) is 7.04. The molecule has 2 amide bonds. The SMILES string of the molecule is O=C1c2cccc3c(N4CCOCC4)ccc(c23)C(=O)N1N=Cc1ccccc1. The van der Waals surface area contributed by atoms with E-state index >= 15 is 0 Å². The van der Waals surface area contributed by atoms with Crippen molar-refractivity contribution in [1.82, 2.24) is 5.01 Å². The molecule has 0 N–H and O–H groups in total. The van der Waals surface area contributed by atoms with Crippen LogP contribution in [0, 0.1) is 0 Å². The van der Waals surface area contributed by atoms with E-state index in [9.17, 15) is 9.59 Å². The van der Waals surface area contributed by atoms with Crippen molar-refractivity contribution in [3.05, 3.63) is 77.4 Å². The molecule has 0 aromatic heterocycles. The zero-order valence-corrected chi connectivity index (χ0v) is 15.7. The third-order valence-electron chi connectivity index (χ3n) is 5.34. The molecule has 1 saturated heterocycles. The average Bonchev–Trinajstić information content (AvgIpc) is 2.78. The minimum absolute atomic E-state index is 0.403. The van der Waals surface area contributed by atoms with Crippen LogP contribution in [0.25, 0.3) is 10.8 Å². The summed E-state index contributed by atoms with van der Waals surface area (Å²) in [5, 5.41) is 6.77. The minimum Gasteiger partial charge on any atom is -0.378 e. The number of rotatable bonds is 3. The predicted molar refractivity (Wildman–Crippen MR) is 112 cm³/mol. The van der Waals surface area contributed by atoms with Gasteiger partial charge in [0.15, 0.2) is 0 Å². The number of hydrazone groups is 1. The predicted octanol–water partition coefficient (Wildman–Crippen LogP) is 3.31. The molecule has 29 heavy (non-hydrogen) atoms. The lowest BCUT2D eigenvalue weighted by Crippen LogP contribution is -2.38. The fourth-order valence-corrected chi connectivity index (χ4v) is 3.92. The van der Waals surface area contributed by atoms with Crippen molar-refractivity contribution in [3.63, 3.8) is 0 Å². The first-order valence-electron chi connectivity index (χ1n) is 9.60. The molecule has 0 aliphatic carbocycles. The summed E-state index contributed by atoms with van der Waals surface area (Å²) in [5.74, 6) is -0.807. The lowest BCUT2D eigenvalue weighted by atomic mass is 9.93. The van der Waals surface area contributed by atoms with Crippen LogP contribution < -0.4 is 4.90 Å². The highest BCUT2D eigenvalue weighted by Gasteiger charge is 2.33. The molecule has 0 atom stereocenters. The van der Waals surface area contributed by atoms with Gasteiger partial charge < -0.3 is 9.64 Å². The Morgan fingerprint density at radius 2 is 1.55 bits per heavy atom. The van der Waals surface area contributed by atoms with Crippen LogP contribution in [-0.4, -0.2) is 49.3 Å². The summed E-state index contributed by atoms with van der Waals surface area (Å²) in [7, 11) is 0. The molecule has 0 spiro atoms. The van der Waals surface area contributed by atoms with Crippen molar-refractivity contribution >= 4 is 34.5 Å². The number of amides is 2. The van der Waals surface area contributed by atoms with Gasteiger partial charge >= 0.3 is 0 Å². The summed E-state index contributed by atoms with van der Waals surface area (Å²) in [6.45, 7) is 2.91. The van der Waals surface area contributed by atoms with Crippen molar-refractivity contribution in [2.75, 3.05) is 31.2 Å². The van der Waals surface area contributed by atoms with Crippen molar-refractivity contribution in [2.24, 2.45) is 5.10 Å². The number of ether oxygens (including phenoxy) is 1. The van der Waals surface area contributed by atoms with Gasteiger partial charge in [0.25, 0.3) is 11.8 Å². The third-order valence-corrected chi connectivity index (χ3v) is 5.34. The highest BCUT2D eigenvalue weighted by atomic mass is 16.5. The Morgan fingerprint density at radius 3 is 2.31 bits per heavy atom. The van der Waals surface area contributed by atoms with Gasteiger partial charge in [-0.25, -0.2) is 0 Å². The maximum atomic E-state index is 13.1. The Labute approximate surface area is 168 Å². The Kier molecular flexibility index (Phi) is 4.33. The van der Waals surface area contributed by atoms with E-state index in [4.69, 9.17) is 4.74 Å². The monoisotopic (exact) mass is 385 g/mol. The summed E-state index contributed by atoms with van der Waals surface area (Å²) < 4.78 is 5.45. The number of hydrogen-bond acceptors (Lipinski definition) is 5. The fourth-order valence-electron chi connectivity index (χ4n) is 3.92. The molecule has 144 valence electrons. The van der Waals surface area contributed by atoms with Crippen molar-refractivity contribution < 1.29 is 14.3 Å². The minimum atomic E-state index is -0.403. The Bertz CT molecular complexity index is 1110. The van der Waals surface area contributed by atoms with Crippen LogP contribution in [0.3, 0.4) is 0 Å². The van der Waals surface area contributed by atoms with Crippen LogP contribution in [0.5, 0.6) is 0 Å². The largest absolute Gasteiger partial charge is 0.378 e. The number of imide groups is 1. The van der Waals surface area contributed by atoms with Crippen LogP contribution in [0.1, 0.15) is 26.3 Å². The summed E-state index contributed by atoms with van der Waals surface area (Å²) in [5.41, 5.74) is 2.84. The molecule has 2 aliphatic rings. The molecule has 2 aliphatic heterocycles. The Balaban J connectivity index is 1.59. The smallest absolute Gasteiger partial charge is 0.282 e. The number of nitrogens with zero attached hydrogens (tertiary/aromatic N) is 3. The topological polar surface area (TPSA) is 62.2 Å². The number of benzene rings is 3. The van der Waals surface area contributed by atoms with Crippen LogP contribution in [0.2, 0.25) is 0 Å². The zero-order valence-electron chi connectivity index (χ0n) is 15.7. The van der Waals surface area contributed by atoms with Crippen LogP contribution >= 0.6 is 0 Å². The van der Waals surface area contributed by atoms with E-state index in [1.807, 2.05) is 48.5 Å². The molecule has 3 aromatic rings. The van der Waals surface area contributed by atoms with Crippen molar-refractivity contribution in [1.29, 1.82) is 0 Å². The van der Waals surface area contributed by atoms with E-state index in [1.165, 1.54) is 6.21 Å². The van der Waals surface area contributed by atoms with Gasteiger partial charge in [0, 0.05) is 29.5 Å². The second-order valence-electron chi connectivity index (χ2n) is 7.04. The molecule has 6 nitrogen and oxygen atoms in total. The van der Waals surface area contributed by atoms with E-state index in [-0.39, 0.29) is 0 Å². The summed E-state index contributed by atoms with van der Waals surface area (Å²) in [4.78, 5) is 28.4. The quantitative estimate of drug-likeness (QED) is 0.513. The van der Waals surface area contributed by atoms with Gasteiger partial charge in [-0.1, -0.05) is 42.5 Å². The molecule has 3 aromatic carbocycles. The van der Waals surface area contributed by atoms with E-state index in [1.54, 1.807) is 12.1 Å². The van der Waals surface area contributed by atoms with E-state index in [2.05, 4.69) is 10.0 Å². The molecule has 0 bridgehead atoms. The molecule has 0 radical (unpaired) electrons. The van der Waals surface area contributed by atoms with Gasteiger partial charge in [0.1, 0.15) is 0 Å². The van der Waals surface area contributed by atoms with Gasteiger partial charge in [0.2, 0.25) is 0 Å². The zero-order chi connectivity index (χ0) is 19.8. The lowest BCUT2D eigenvalue weighted by molar-refractivity contribution is 0.0616. The van der Waals surface area contributed by atoms with E-state index < -0.39 is 11.8 Å². The van der Waals surface area contributed by atoms with Gasteiger partial charge in [0.05, 0.1) is 30.6 Å². The first-order chi connectivity index (χ1) is 14.2. The number of hydrogen-bond donors (Lipinski definition) is 0. The summed E-state index contributed by atoms with van der Waals surface area (Å²) in [6, 6.07) is 18.7. The molecule has 5 rings (SSSR count). The number of carbonyl (C=O) groups excluding carboxylic acids is 2. The van der Waals surface area contributed by atoms with Gasteiger partial charge in [-0.05, 0) is 23.8 Å². The third kappa shape index (κ3) is 2.98. The van der Waals surface area contributed by atoms with E-state index in [0.29, 0.717) is 29.7 Å². The second kappa shape index (κ2) is 7.14. The molecular weight excluding hydrogens is 366 g/mol. The van der Waals surface area contributed by atoms with Crippen molar-refractivity contribution in [2.45, 2.75) is 0 Å². The normalized spacial score (nSPS) is 16.8. The molecule has 6 heteroatoms. The maximum absolute atomic E-state index is 13.1. The first-order valence-corrected chi connectivity index (χ1v) is 9.60. The molecular formula is C23H19N3O3. The molecule has 0 saturated carbocycles. The van der Waals surface area contributed by atoms with Gasteiger partial charge in [-0.2, -0.15) is 10.1 Å². The number of morpholine rings is 1. The van der Waals surface area contributed by atoms with E-state index in [0.717, 1.165) is 34.7 Å². The molecule has 0 unspecified atom stereocenters. The number of carbonyl (C=O) groups is 2. The lowest BCUT2D eigenvalue weighted by Gasteiger charge is -2.31. The molecule has 1 fully saturated rings. The summed E-state index contributed by atoms with van der Waals surface area (Å²) in [6.07, 6.45) is 1.53. The summed E-state index contributed by atoms with van der Waals surface area (Å²) >= 11 is 0. The highest BCUT2D eigenvalue weighted by Crippen LogP contribution is 2.36. The average molecular weight is 385 g/mol. The van der Waals surface area contributed by atoms with Crippen LogP contribution in [0.4, 0.5) is 5.69 Å². The van der Waals surface area contributed by atoms with Crippen LogP contribution in [0.15, 0.2) is 65.8 Å². The fraction of sp³-hybridized carbons (Fsp3) is 0.174. The number of anilines is 1. The maximum Gasteiger partial charge on any atom is 0.282 e. The standard InChI is InChI=1S/C23H19N3O3/c27-22-18-8-4-7-17-20(25-11-13-29-14-12-25)10-9-19(21(17)18)23(28)26(22)24-15-16-5-2-1-3-6-16/h1-10,15H,11-14H2. The molecule has 2 heterocycles. The van der Waals surface area contributed by atoms with Gasteiger partial charge in [-0.15, -0.1) is 0 Å². The highest BCUT2D eigenvalue weighted by molar-refractivity contribution is 6.26. The Morgan fingerprint density at radius 1 is 0.828 bits per heavy atom. The van der Waals surface area contributed by atoms with Gasteiger partial charge in [-0.3, -0.25) is 9.59 Å².